The van der Waals surface area contributed by atoms with E-state index in [1.807, 2.05) is 91.0 Å². The third-order valence-corrected chi connectivity index (χ3v) is 4.90. The molecule has 0 aliphatic heterocycles. The topological polar surface area (TPSA) is 41.6 Å². The molecule has 1 unspecified atom stereocenters. The van der Waals surface area contributed by atoms with Crippen molar-refractivity contribution in [2.45, 2.75) is 25.6 Å². The number of amides is 1. The summed E-state index contributed by atoms with van der Waals surface area (Å²) >= 11 is 0. The first-order chi connectivity index (χ1) is 15.1. The summed E-state index contributed by atoms with van der Waals surface area (Å²) in [6.07, 6.45) is 0.652. The Morgan fingerprint density at radius 2 is 1.39 bits per heavy atom. The van der Waals surface area contributed by atoms with E-state index in [4.69, 9.17) is 0 Å². The van der Waals surface area contributed by atoms with Gasteiger partial charge in [-0.05, 0) is 29.7 Å². The lowest BCUT2D eigenvalue weighted by molar-refractivity contribution is -0.142. The van der Waals surface area contributed by atoms with Crippen LogP contribution in [0.2, 0.25) is 0 Å². The van der Waals surface area contributed by atoms with Crippen LogP contribution in [0.25, 0.3) is 0 Å². The van der Waals surface area contributed by atoms with Crippen molar-refractivity contribution in [3.63, 3.8) is 0 Å². The van der Waals surface area contributed by atoms with Gasteiger partial charge in [-0.2, -0.15) is 8.78 Å². The van der Waals surface area contributed by atoms with Crippen LogP contribution < -0.4 is 10.2 Å². The molecule has 4 nitrogen and oxygen atoms in total. The zero-order chi connectivity index (χ0) is 21.9. The summed E-state index contributed by atoms with van der Waals surface area (Å²) in [4.78, 5) is 14.9. The minimum absolute atomic E-state index is 0.351. The second-order valence-electron chi connectivity index (χ2n) is 7.09. The van der Waals surface area contributed by atoms with Crippen molar-refractivity contribution >= 4 is 11.6 Å². The van der Waals surface area contributed by atoms with Gasteiger partial charge in [0, 0.05) is 18.8 Å². The molecule has 0 radical (unpaired) electrons. The van der Waals surface area contributed by atoms with Crippen LogP contribution in [0, 0.1) is 0 Å². The first-order valence-corrected chi connectivity index (χ1v) is 10.2. The molecule has 0 aliphatic carbocycles. The molecule has 1 N–H and O–H groups in total. The average Bonchev–Trinajstić information content (AvgIpc) is 2.80. The van der Waals surface area contributed by atoms with Crippen LogP contribution >= 0.6 is 0 Å². The average molecular weight is 424 g/mol. The summed E-state index contributed by atoms with van der Waals surface area (Å²) in [5.41, 5.74) is 2.81. The first kappa shape index (κ1) is 22.4. The molecule has 0 aromatic heterocycles. The van der Waals surface area contributed by atoms with Gasteiger partial charge in [-0.3, -0.25) is 4.79 Å². The molecule has 6 heteroatoms. The zero-order valence-corrected chi connectivity index (χ0v) is 17.2. The normalized spacial score (nSPS) is 11.8. The van der Waals surface area contributed by atoms with Crippen LogP contribution in [-0.4, -0.2) is 31.7 Å². The van der Waals surface area contributed by atoms with Crippen LogP contribution in [0.4, 0.5) is 14.5 Å². The van der Waals surface area contributed by atoms with Gasteiger partial charge in [0.2, 0.25) is 5.91 Å². The van der Waals surface area contributed by atoms with Crippen LogP contribution in [0.15, 0.2) is 91.0 Å². The molecule has 3 rings (SSSR count). The minimum Gasteiger partial charge on any atom is -0.354 e. The number of benzene rings is 3. The number of alkyl halides is 2. The highest BCUT2D eigenvalue weighted by Gasteiger charge is 2.28. The fraction of sp³-hybridized carbons (Fsp3) is 0.240. The predicted octanol–water partition coefficient (Wildman–Crippen LogP) is 4.66. The Balaban J connectivity index is 1.78. The number of nitrogens with one attached hydrogen (secondary N) is 1. The standard InChI is InChI=1S/C25H26F2N2O2/c26-25(27)31-19-23(24(30)28-17-16-20-10-4-1-5-11-20)29(22-14-8-3-9-15-22)18-21-12-6-2-7-13-21/h1-15,23,25H,16-19H2,(H,28,30). The van der Waals surface area contributed by atoms with Gasteiger partial charge in [0.05, 0.1) is 6.61 Å². The van der Waals surface area contributed by atoms with Crippen molar-refractivity contribution in [3.05, 3.63) is 102 Å². The number of carbonyl (C=O) groups excluding carboxylic acids is 1. The van der Waals surface area contributed by atoms with E-state index in [-0.39, 0.29) is 5.91 Å². The zero-order valence-electron chi connectivity index (χ0n) is 17.2. The van der Waals surface area contributed by atoms with Gasteiger partial charge in [-0.25, -0.2) is 0 Å². The number of ether oxygens (including phenoxy) is 1. The maximum absolute atomic E-state index is 13.1. The first-order valence-electron chi connectivity index (χ1n) is 10.2. The Kier molecular flexibility index (Phi) is 8.55. The number of para-hydroxylation sites is 1. The maximum Gasteiger partial charge on any atom is 0.345 e. The number of anilines is 1. The third kappa shape index (κ3) is 7.19. The van der Waals surface area contributed by atoms with Gasteiger partial charge in [0.1, 0.15) is 6.04 Å². The molecule has 0 saturated heterocycles. The lowest BCUT2D eigenvalue weighted by atomic mass is 10.1. The number of rotatable bonds is 11. The number of halogens is 2. The van der Waals surface area contributed by atoms with Gasteiger partial charge in [-0.15, -0.1) is 0 Å². The van der Waals surface area contributed by atoms with E-state index in [0.717, 1.165) is 16.8 Å². The number of hydrogen-bond donors (Lipinski definition) is 1. The maximum atomic E-state index is 13.1. The molecule has 1 atom stereocenters. The van der Waals surface area contributed by atoms with Crippen LogP contribution in [-0.2, 0) is 22.5 Å². The highest BCUT2D eigenvalue weighted by molar-refractivity contribution is 5.85. The fourth-order valence-corrected chi connectivity index (χ4v) is 3.34. The Labute approximate surface area is 181 Å². The second kappa shape index (κ2) is 11.8. The number of nitrogens with zero attached hydrogens (tertiary/aromatic N) is 1. The van der Waals surface area contributed by atoms with Crippen molar-refractivity contribution < 1.29 is 18.3 Å². The smallest absolute Gasteiger partial charge is 0.345 e. The SMILES string of the molecule is O=C(NCCc1ccccc1)C(COC(F)F)N(Cc1ccccc1)c1ccccc1. The van der Waals surface area contributed by atoms with Crippen LogP contribution in [0.3, 0.4) is 0 Å². The monoisotopic (exact) mass is 424 g/mol. The second-order valence-corrected chi connectivity index (χ2v) is 7.09. The molecule has 0 fully saturated rings. The van der Waals surface area contributed by atoms with Crippen molar-refractivity contribution in [1.82, 2.24) is 5.32 Å². The molecule has 1 amide bonds. The van der Waals surface area contributed by atoms with Crippen LogP contribution in [0.1, 0.15) is 11.1 Å². The van der Waals surface area contributed by atoms with E-state index in [0.29, 0.717) is 19.5 Å². The van der Waals surface area contributed by atoms with E-state index < -0.39 is 19.3 Å². The Morgan fingerprint density at radius 3 is 1.97 bits per heavy atom. The molecule has 0 spiro atoms. The Morgan fingerprint density at radius 1 is 0.839 bits per heavy atom. The van der Waals surface area contributed by atoms with Gasteiger partial charge >= 0.3 is 6.61 Å². The molecule has 0 bridgehead atoms. The van der Waals surface area contributed by atoms with E-state index >= 15 is 0 Å². The summed E-state index contributed by atoms with van der Waals surface area (Å²) in [5, 5.41) is 2.89. The van der Waals surface area contributed by atoms with Crippen molar-refractivity contribution in [1.29, 1.82) is 0 Å². The highest BCUT2D eigenvalue weighted by atomic mass is 19.3. The van der Waals surface area contributed by atoms with Gasteiger partial charge in [-0.1, -0.05) is 78.9 Å². The lowest BCUT2D eigenvalue weighted by Gasteiger charge is -2.33. The molecule has 3 aromatic carbocycles. The van der Waals surface area contributed by atoms with Gasteiger partial charge in [0.15, 0.2) is 0 Å². The Bertz CT molecular complexity index is 909. The number of carbonyl (C=O) groups is 1. The fourth-order valence-electron chi connectivity index (χ4n) is 3.34. The molecular formula is C25H26F2N2O2. The van der Waals surface area contributed by atoms with Gasteiger partial charge < -0.3 is 15.0 Å². The molecule has 0 heterocycles. The lowest BCUT2D eigenvalue weighted by Crippen LogP contribution is -2.50. The summed E-state index contributed by atoms with van der Waals surface area (Å²) in [5.74, 6) is -0.351. The molecular weight excluding hydrogens is 398 g/mol. The van der Waals surface area contributed by atoms with Crippen molar-refractivity contribution in [2.75, 3.05) is 18.1 Å². The van der Waals surface area contributed by atoms with E-state index in [1.165, 1.54) is 0 Å². The molecule has 3 aromatic rings. The molecule has 0 saturated carbocycles. The summed E-state index contributed by atoms with van der Waals surface area (Å²) in [6.45, 7) is -2.58. The summed E-state index contributed by atoms with van der Waals surface area (Å²) in [7, 11) is 0. The number of hydrogen-bond acceptors (Lipinski definition) is 3. The van der Waals surface area contributed by atoms with Gasteiger partial charge in [0.25, 0.3) is 0 Å². The molecule has 0 aliphatic rings. The largest absolute Gasteiger partial charge is 0.354 e. The van der Waals surface area contributed by atoms with E-state index in [2.05, 4.69) is 10.1 Å². The van der Waals surface area contributed by atoms with E-state index in [9.17, 15) is 13.6 Å². The predicted molar refractivity (Wildman–Crippen MR) is 118 cm³/mol. The molecule has 162 valence electrons. The quantitative estimate of drug-likeness (QED) is 0.487. The third-order valence-electron chi connectivity index (χ3n) is 4.90. The van der Waals surface area contributed by atoms with E-state index in [1.54, 1.807) is 4.90 Å². The highest BCUT2D eigenvalue weighted by Crippen LogP contribution is 2.21. The summed E-state index contributed by atoms with van der Waals surface area (Å²) < 4.78 is 30.3. The summed E-state index contributed by atoms with van der Waals surface area (Å²) in [6, 6.07) is 27.7. The van der Waals surface area contributed by atoms with Crippen molar-refractivity contribution in [2.24, 2.45) is 0 Å². The Hall–Kier alpha value is -3.25. The minimum atomic E-state index is -2.95. The van der Waals surface area contributed by atoms with Crippen molar-refractivity contribution in [3.8, 4) is 0 Å². The van der Waals surface area contributed by atoms with Crippen LogP contribution in [0.5, 0.6) is 0 Å². The molecule has 31 heavy (non-hydrogen) atoms.